The van der Waals surface area contributed by atoms with Crippen LogP contribution < -0.4 is 11.2 Å². The predicted molar refractivity (Wildman–Crippen MR) is 108 cm³/mol. The molecule has 148 valence electrons. The van der Waals surface area contributed by atoms with Crippen LogP contribution >= 0.6 is 0 Å². The molecule has 4 rings (SSSR count). The normalized spacial score (nSPS) is 12.0. The number of hydrogen-bond donors (Lipinski definition) is 2. The first-order valence-corrected chi connectivity index (χ1v) is 9.15. The van der Waals surface area contributed by atoms with Crippen molar-refractivity contribution in [3.8, 4) is 0 Å². The Morgan fingerprint density at radius 3 is 2.90 bits per heavy atom. The molecule has 29 heavy (non-hydrogen) atoms. The molecule has 2 amide bonds. The smallest absolute Gasteiger partial charge is 0.332 e. The van der Waals surface area contributed by atoms with Gasteiger partial charge in [-0.1, -0.05) is 6.92 Å². The number of fused-ring (bicyclic) bond motifs is 2. The van der Waals surface area contributed by atoms with Gasteiger partial charge in [0.25, 0.3) is 0 Å². The number of nitrogens with one attached hydrogen (secondary N) is 1. The fourth-order valence-electron chi connectivity index (χ4n) is 3.30. The van der Waals surface area contributed by atoms with E-state index in [0.29, 0.717) is 35.5 Å². The SMILES string of the molecule is CC/C(=N\NC(N)=O)c1ccc2ncc(Cc3cc4ccn(C)c4cc3F)n2n1. The molecular weight excluding hydrogens is 373 g/mol. The number of aryl methyl sites for hydroxylation is 1. The molecule has 0 aliphatic rings. The topological polar surface area (TPSA) is 103 Å². The van der Waals surface area contributed by atoms with E-state index >= 15 is 0 Å². The van der Waals surface area contributed by atoms with E-state index in [0.717, 1.165) is 16.6 Å². The van der Waals surface area contributed by atoms with Crippen LogP contribution in [0.3, 0.4) is 0 Å². The Balaban J connectivity index is 1.72. The van der Waals surface area contributed by atoms with Gasteiger partial charge in [0.2, 0.25) is 0 Å². The Morgan fingerprint density at radius 2 is 2.14 bits per heavy atom. The van der Waals surface area contributed by atoms with Crippen LogP contribution in [-0.4, -0.2) is 30.9 Å². The second kappa shape index (κ2) is 7.34. The number of hydrogen-bond acceptors (Lipinski definition) is 4. The van der Waals surface area contributed by atoms with E-state index in [1.165, 1.54) is 0 Å². The number of nitrogens with two attached hydrogens (primary N) is 1. The highest BCUT2D eigenvalue weighted by Gasteiger charge is 2.13. The standard InChI is InChI=1S/C20H20FN7O/c1-3-16(24-25-20(22)29)17-4-5-19-23-11-14(28(19)26-17)9-13-8-12-6-7-27(2)18(12)10-15(13)21/h4-8,10-11H,3,9H2,1-2H3,(H3,22,25,29)/b24-16+. The van der Waals surface area contributed by atoms with Crippen molar-refractivity contribution in [2.75, 3.05) is 0 Å². The lowest BCUT2D eigenvalue weighted by molar-refractivity contribution is 0.249. The zero-order valence-corrected chi connectivity index (χ0v) is 16.1. The number of carbonyl (C=O) groups excluding carboxylic acids is 1. The highest BCUT2D eigenvalue weighted by Crippen LogP contribution is 2.22. The molecule has 0 saturated heterocycles. The summed E-state index contributed by atoms with van der Waals surface area (Å²) in [5.74, 6) is -0.271. The first-order chi connectivity index (χ1) is 14.0. The molecule has 0 radical (unpaired) electrons. The van der Waals surface area contributed by atoms with Crippen LogP contribution in [0.4, 0.5) is 9.18 Å². The molecular formula is C20H20FN7O. The highest BCUT2D eigenvalue weighted by molar-refractivity contribution is 5.99. The summed E-state index contributed by atoms with van der Waals surface area (Å²) < 4.78 is 18.2. The van der Waals surface area contributed by atoms with E-state index in [-0.39, 0.29) is 5.82 Å². The Labute approximate surface area is 165 Å². The molecule has 0 atom stereocenters. The minimum absolute atomic E-state index is 0.271. The first-order valence-electron chi connectivity index (χ1n) is 9.15. The van der Waals surface area contributed by atoms with Gasteiger partial charge < -0.3 is 10.3 Å². The first kappa shape index (κ1) is 18.6. The number of amides is 2. The number of nitrogens with zero attached hydrogens (tertiary/aromatic N) is 5. The van der Waals surface area contributed by atoms with Crippen molar-refractivity contribution in [1.82, 2.24) is 24.6 Å². The maximum atomic E-state index is 14.7. The molecule has 0 aliphatic heterocycles. The van der Waals surface area contributed by atoms with Crippen LogP contribution in [0.2, 0.25) is 0 Å². The molecule has 0 fully saturated rings. The monoisotopic (exact) mass is 393 g/mol. The molecule has 1 aromatic carbocycles. The van der Waals surface area contributed by atoms with Crippen LogP contribution in [0.15, 0.2) is 47.8 Å². The summed E-state index contributed by atoms with van der Waals surface area (Å²) in [6.45, 7) is 1.90. The summed E-state index contributed by atoms with van der Waals surface area (Å²) in [6, 6.07) is 8.19. The number of rotatable bonds is 5. The fraction of sp³-hybridized carbons (Fsp3) is 0.200. The van der Waals surface area contributed by atoms with Gasteiger partial charge in [0.15, 0.2) is 5.65 Å². The lowest BCUT2D eigenvalue weighted by Crippen LogP contribution is -2.26. The van der Waals surface area contributed by atoms with E-state index in [4.69, 9.17) is 5.73 Å². The summed E-state index contributed by atoms with van der Waals surface area (Å²) in [6.07, 6.45) is 4.47. The summed E-state index contributed by atoms with van der Waals surface area (Å²) >= 11 is 0. The average molecular weight is 393 g/mol. The van der Waals surface area contributed by atoms with Crippen molar-refractivity contribution >= 4 is 28.3 Å². The molecule has 3 heterocycles. The van der Waals surface area contributed by atoms with Gasteiger partial charge in [0.05, 0.1) is 23.1 Å². The third kappa shape index (κ3) is 3.54. The molecule has 9 heteroatoms. The Bertz CT molecular complexity index is 1250. The second-order valence-corrected chi connectivity index (χ2v) is 6.73. The quantitative estimate of drug-likeness (QED) is 0.402. The van der Waals surface area contributed by atoms with Crippen molar-refractivity contribution < 1.29 is 9.18 Å². The second-order valence-electron chi connectivity index (χ2n) is 6.73. The molecule has 0 unspecified atom stereocenters. The van der Waals surface area contributed by atoms with Crippen LogP contribution in [-0.2, 0) is 13.5 Å². The molecule has 8 nitrogen and oxygen atoms in total. The number of primary amides is 1. The molecule has 0 saturated carbocycles. The van der Waals surface area contributed by atoms with Crippen LogP contribution in [0.5, 0.6) is 0 Å². The van der Waals surface area contributed by atoms with Crippen molar-refractivity contribution in [1.29, 1.82) is 0 Å². The van der Waals surface area contributed by atoms with Gasteiger partial charge in [-0.05, 0) is 42.3 Å². The van der Waals surface area contributed by atoms with Gasteiger partial charge in [-0.25, -0.2) is 24.1 Å². The summed E-state index contributed by atoms with van der Waals surface area (Å²) in [4.78, 5) is 15.3. The van der Waals surface area contributed by atoms with Gasteiger partial charge in [0.1, 0.15) is 11.5 Å². The minimum Gasteiger partial charge on any atom is -0.350 e. The fourth-order valence-corrected chi connectivity index (χ4v) is 3.30. The Kier molecular flexibility index (Phi) is 4.71. The minimum atomic E-state index is -0.743. The number of imidazole rings is 1. The van der Waals surface area contributed by atoms with Crippen LogP contribution in [0.1, 0.15) is 30.3 Å². The van der Waals surface area contributed by atoms with Gasteiger partial charge >= 0.3 is 6.03 Å². The predicted octanol–water partition coefficient (Wildman–Crippen LogP) is 2.73. The van der Waals surface area contributed by atoms with Gasteiger partial charge in [-0.15, -0.1) is 0 Å². The van der Waals surface area contributed by atoms with E-state index < -0.39 is 6.03 Å². The maximum Gasteiger partial charge on any atom is 0.332 e. The highest BCUT2D eigenvalue weighted by atomic mass is 19.1. The Hall–Kier alpha value is -3.75. The summed E-state index contributed by atoms with van der Waals surface area (Å²) in [7, 11) is 1.89. The lowest BCUT2D eigenvalue weighted by Gasteiger charge is -2.07. The summed E-state index contributed by atoms with van der Waals surface area (Å²) in [5, 5.41) is 9.56. The number of benzene rings is 1. The van der Waals surface area contributed by atoms with Gasteiger partial charge in [-0.3, -0.25) is 0 Å². The zero-order chi connectivity index (χ0) is 20.5. The van der Waals surface area contributed by atoms with Crippen molar-refractivity contribution in [3.05, 3.63) is 65.5 Å². The molecule has 0 bridgehead atoms. The molecule has 3 aromatic heterocycles. The van der Waals surface area contributed by atoms with Crippen molar-refractivity contribution in [3.63, 3.8) is 0 Å². The van der Waals surface area contributed by atoms with E-state index in [1.54, 1.807) is 28.9 Å². The molecule has 3 N–H and O–H groups in total. The van der Waals surface area contributed by atoms with Gasteiger partial charge in [0, 0.05) is 25.1 Å². The van der Waals surface area contributed by atoms with E-state index in [9.17, 15) is 9.18 Å². The largest absolute Gasteiger partial charge is 0.350 e. The van der Waals surface area contributed by atoms with E-state index in [2.05, 4.69) is 20.6 Å². The average Bonchev–Trinajstić information content (AvgIpc) is 3.26. The van der Waals surface area contributed by atoms with Crippen molar-refractivity contribution in [2.45, 2.75) is 19.8 Å². The molecule has 0 spiro atoms. The zero-order valence-electron chi connectivity index (χ0n) is 16.1. The third-order valence-electron chi connectivity index (χ3n) is 4.79. The van der Waals surface area contributed by atoms with Gasteiger partial charge in [-0.2, -0.15) is 10.2 Å². The number of halogens is 1. The maximum absolute atomic E-state index is 14.7. The molecule has 4 aromatic rings. The number of carbonyl (C=O) groups is 1. The third-order valence-corrected chi connectivity index (χ3v) is 4.79. The lowest BCUT2D eigenvalue weighted by atomic mass is 10.1. The number of hydrazone groups is 1. The Morgan fingerprint density at radius 1 is 1.31 bits per heavy atom. The van der Waals surface area contributed by atoms with Crippen LogP contribution in [0.25, 0.3) is 16.6 Å². The van der Waals surface area contributed by atoms with Crippen molar-refractivity contribution in [2.24, 2.45) is 17.9 Å². The number of aromatic nitrogens is 4. The van der Waals surface area contributed by atoms with E-state index in [1.807, 2.05) is 36.9 Å². The number of urea groups is 1. The summed E-state index contributed by atoms with van der Waals surface area (Å²) in [5.41, 5.74) is 11.3. The molecule has 0 aliphatic carbocycles. The van der Waals surface area contributed by atoms with Crippen LogP contribution in [0, 0.1) is 5.82 Å².